The lowest BCUT2D eigenvalue weighted by molar-refractivity contribution is -0.123. The van der Waals surface area contributed by atoms with Crippen LogP contribution in [-0.2, 0) is 28.9 Å². The summed E-state index contributed by atoms with van der Waals surface area (Å²) in [6, 6.07) is 13.9. The molecule has 1 unspecified atom stereocenters. The minimum Gasteiger partial charge on any atom is -0.449 e. The molecular weight excluding hydrogens is 426 g/mol. The maximum absolute atomic E-state index is 13.5. The number of para-hydroxylation sites is 2. The number of ether oxygens (including phenoxy) is 1. The van der Waals surface area contributed by atoms with Crippen molar-refractivity contribution in [2.24, 2.45) is 0 Å². The first-order valence-corrected chi connectivity index (χ1v) is 12.0. The molecule has 0 saturated heterocycles. The van der Waals surface area contributed by atoms with Crippen molar-refractivity contribution >= 4 is 28.5 Å². The number of esters is 1. The number of nitrogens with one attached hydrogen (secondary N) is 1. The Hall–Kier alpha value is -3.25. The fourth-order valence-corrected chi connectivity index (χ4v) is 4.58. The third-order valence-corrected chi connectivity index (χ3v) is 6.65. The first-order chi connectivity index (χ1) is 16.3. The average Bonchev–Trinajstić information content (AvgIpc) is 2.82. The normalized spacial score (nSPS) is 14.6. The van der Waals surface area contributed by atoms with E-state index in [2.05, 4.69) is 24.1 Å². The zero-order valence-corrected chi connectivity index (χ0v) is 20.6. The van der Waals surface area contributed by atoms with Crippen LogP contribution in [0.5, 0.6) is 0 Å². The molecule has 1 aliphatic rings. The molecule has 6 nitrogen and oxygen atoms in total. The number of hydrogen-bond acceptors (Lipinski definition) is 5. The molecule has 2 heterocycles. The smallest absolute Gasteiger partial charge is 0.339 e. The first-order valence-electron chi connectivity index (χ1n) is 12.0. The number of rotatable bonds is 6. The summed E-state index contributed by atoms with van der Waals surface area (Å²) in [6.45, 7) is 11.5. The van der Waals surface area contributed by atoms with Crippen molar-refractivity contribution in [2.75, 3.05) is 11.9 Å². The zero-order valence-electron chi connectivity index (χ0n) is 20.6. The maximum Gasteiger partial charge on any atom is 0.339 e. The number of benzene rings is 2. The van der Waals surface area contributed by atoms with Crippen molar-refractivity contribution in [1.82, 2.24) is 9.88 Å². The van der Waals surface area contributed by atoms with E-state index in [-0.39, 0.29) is 5.91 Å². The quantitative estimate of drug-likeness (QED) is 0.522. The van der Waals surface area contributed by atoms with E-state index in [1.54, 1.807) is 6.92 Å². The van der Waals surface area contributed by atoms with Crippen LogP contribution in [0.3, 0.4) is 0 Å². The van der Waals surface area contributed by atoms with Gasteiger partial charge in [0.25, 0.3) is 5.91 Å². The van der Waals surface area contributed by atoms with E-state index in [9.17, 15) is 9.59 Å². The molecule has 1 aliphatic heterocycles. The summed E-state index contributed by atoms with van der Waals surface area (Å²) in [7, 11) is 0. The number of pyridine rings is 1. The van der Waals surface area contributed by atoms with E-state index in [1.165, 1.54) is 0 Å². The molecule has 6 heteroatoms. The van der Waals surface area contributed by atoms with E-state index in [0.717, 1.165) is 58.4 Å². The van der Waals surface area contributed by atoms with Gasteiger partial charge in [0.2, 0.25) is 0 Å². The fraction of sp³-hybridized carbons (Fsp3) is 0.393. The van der Waals surface area contributed by atoms with E-state index in [4.69, 9.17) is 9.72 Å². The van der Waals surface area contributed by atoms with Crippen LogP contribution in [0.15, 0.2) is 42.5 Å². The molecule has 3 aromatic rings. The third-order valence-electron chi connectivity index (χ3n) is 6.65. The fourth-order valence-electron chi connectivity index (χ4n) is 4.58. The number of anilines is 1. The van der Waals surface area contributed by atoms with Crippen molar-refractivity contribution in [3.63, 3.8) is 0 Å². The van der Waals surface area contributed by atoms with Crippen molar-refractivity contribution < 1.29 is 14.3 Å². The van der Waals surface area contributed by atoms with Gasteiger partial charge in [0.1, 0.15) is 0 Å². The first kappa shape index (κ1) is 23.9. The third kappa shape index (κ3) is 4.68. The molecule has 0 aliphatic carbocycles. The van der Waals surface area contributed by atoms with Gasteiger partial charge < -0.3 is 10.1 Å². The van der Waals surface area contributed by atoms with Gasteiger partial charge in [-0.15, -0.1) is 0 Å². The molecule has 1 amide bonds. The number of carbonyl (C=O) groups excluding carboxylic acids is 2. The standard InChI is InChI=1S/C28H33N3O3/c1-6-20-11-9-10-18(4)26(20)30-27(32)19(5)34-28(33)25-21-12-7-8-13-23(21)29-24-14-15-31(17(2)3)16-22(24)25/h7-13,17,19H,6,14-16H2,1-5H3,(H,30,32). The number of nitrogens with zero attached hydrogens (tertiary/aromatic N) is 2. The van der Waals surface area contributed by atoms with E-state index >= 15 is 0 Å². The number of hydrogen-bond donors (Lipinski definition) is 1. The monoisotopic (exact) mass is 459 g/mol. The van der Waals surface area contributed by atoms with E-state index in [1.807, 2.05) is 56.3 Å². The predicted molar refractivity (Wildman–Crippen MR) is 135 cm³/mol. The molecule has 0 saturated carbocycles. The summed E-state index contributed by atoms with van der Waals surface area (Å²) < 4.78 is 5.76. The molecular formula is C28H33N3O3. The second-order valence-corrected chi connectivity index (χ2v) is 9.24. The van der Waals surface area contributed by atoms with Gasteiger partial charge in [0, 0.05) is 47.9 Å². The highest BCUT2D eigenvalue weighted by Crippen LogP contribution is 2.30. The molecule has 34 heavy (non-hydrogen) atoms. The minimum absolute atomic E-state index is 0.339. The molecule has 0 bridgehead atoms. The summed E-state index contributed by atoms with van der Waals surface area (Å²) in [6.07, 6.45) is 0.638. The van der Waals surface area contributed by atoms with Crippen LogP contribution < -0.4 is 5.32 Å². The summed E-state index contributed by atoms with van der Waals surface area (Å²) in [5.74, 6) is -0.822. The number of amides is 1. The minimum atomic E-state index is -0.941. The van der Waals surface area contributed by atoms with Crippen LogP contribution in [-0.4, -0.2) is 40.5 Å². The molecule has 0 spiro atoms. The highest BCUT2D eigenvalue weighted by atomic mass is 16.5. The number of aryl methyl sites for hydroxylation is 2. The van der Waals surface area contributed by atoms with E-state index in [0.29, 0.717) is 18.2 Å². The van der Waals surface area contributed by atoms with Crippen LogP contribution in [0.1, 0.15) is 60.4 Å². The predicted octanol–water partition coefficient (Wildman–Crippen LogP) is 5.06. The van der Waals surface area contributed by atoms with Crippen LogP contribution >= 0.6 is 0 Å². The molecule has 1 atom stereocenters. The molecule has 1 N–H and O–H groups in total. The summed E-state index contributed by atoms with van der Waals surface area (Å²) in [5.41, 5.74) is 5.96. The van der Waals surface area contributed by atoms with Crippen molar-refractivity contribution in [3.8, 4) is 0 Å². The van der Waals surface area contributed by atoms with Gasteiger partial charge in [-0.3, -0.25) is 14.7 Å². The molecule has 0 radical (unpaired) electrons. The Morgan fingerprint density at radius 2 is 1.88 bits per heavy atom. The Morgan fingerprint density at radius 1 is 1.12 bits per heavy atom. The van der Waals surface area contributed by atoms with Crippen LogP contribution in [0.25, 0.3) is 10.9 Å². The van der Waals surface area contributed by atoms with E-state index < -0.39 is 12.1 Å². The van der Waals surface area contributed by atoms with Gasteiger partial charge in [0.05, 0.1) is 11.1 Å². The molecule has 178 valence electrons. The maximum atomic E-state index is 13.5. The Kier molecular flexibility index (Phi) is 6.98. The number of carbonyl (C=O) groups is 2. The zero-order chi connectivity index (χ0) is 24.4. The molecule has 1 aromatic heterocycles. The summed E-state index contributed by atoms with van der Waals surface area (Å²) in [5, 5.41) is 3.73. The lowest BCUT2D eigenvalue weighted by Crippen LogP contribution is -2.38. The van der Waals surface area contributed by atoms with Gasteiger partial charge in [-0.2, -0.15) is 0 Å². The van der Waals surface area contributed by atoms with Gasteiger partial charge in [-0.05, 0) is 51.3 Å². The molecule has 4 rings (SSSR count). The number of aromatic nitrogens is 1. The lowest BCUT2D eigenvalue weighted by atomic mass is 9.95. The molecule has 2 aromatic carbocycles. The Labute approximate surface area is 201 Å². The van der Waals surface area contributed by atoms with Crippen LogP contribution in [0, 0.1) is 6.92 Å². The second kappa shape index (κ2) is 9.94. The molecule has 0 fully saturated rings. The van der Waals surface area contributed by atoms with Crippen molar-refractivity contribution in [2.45, 2.75) is 66.2 Å². The summed E-state index contributed by atoms with van der Waals surface area (Å²) >= 11 is 0. The van der Waals surface area contributed by atoms with Crippen LogP contribution in [0.4, 0.5) is 5.69 Å². The van der Waals surface area contributed by atoms with Gasteiger partial charge in [0.15, 0.2) is 6.10 Å². The lowest BCUT2D eigenvalue weighted by Gasteiger charge is -2.32. The van der Waals surface area contributed by atoms with Crippen molar-refractivity contribution in [1.29, 1.82) is 0 Å². The SMILES string of the molecule is CCc1cccc(C)c1NC(=O)C(C)OC(=O)c1c2c(nc3ccccc13)CCN(C(C)C)C2. The van der Waals surface area contributed by atoms with Crippen molar-refractivity contribution in [3.05, 3.63) is 70.4 Å². The largest absolute Gasteiger partial charge is 0.449 e. The van der Waals surface area contributed by atoms with Gasteiger partial charge in [-0.25, -0.2) is 4.79 Å². The number of fused-ring (bicyclic) bond motifs is 2. The second-order valence-electron chi connectivity index (χ2n) is 9.24. The van der Waals surface area contributed by atoms with Gasteiger partial charge in [-0.1, -0.05) is 43.3 Å². The van der Waals surface area contributed by atoms with Gasteiger partial charge >= 0.3 is 5.97 Å². The summed E-state index contributed by atoms with van der Waals surface area (Å²) in [4.78, 5) is 33.7. The Balaban J connectivity index is 1.63. The Bertz CT molecular complexity index is 1240. The highest BCUT2D eigenvalue weighted by molar-refractivity contribution is 6.06. The van der Waals surface area contributed by atoms with Crippen LogP contribution in [0.2, 0.25) is 0 Å². The Morgan fingerprint density at radius 3 is 2.62 bits per heavy atom. The highest BCUT2D eigenvalue weighted by Gasteiger charge is 2.29. The topological polar surface area (TPSA) is 71.5 Å². The average molecular weight is 460 g/mol.